The highest BCUT2D eigenvalue weighted by Gasteiger charge is 2.25. The molecule has 0 radical (unpaired) electrons. The van der Waals surface area contributed by atoms with Gasteiger partial charge in [-0.1, -0.05) is 63.2 Å². The lowest BCUT2D eigenvalue weighted by Gasteiger charge is -2.19. The van der Waals surface area contributed by atoms with Crippen LogP contribution in [0.5, 0.6) is 0 Å². The number of sulfonamides is 1. The molecule has 0 spiro atoms. The Labute approximate surface area is 153 Å². The first-order chi connectivity index (χ1) is 12.2. The zero-order chi connectivity index (χ0) is 18.9. The molecule has 3 rings (SSSR count). The van der Waals surface area contributed by atoms with Gasteiger partial charge in [0.1, 0.15) is 0 Å². The molecule has 0 saturated carbocycles. The summed E-state index contributed by atoms with van der Waals surface area (Å²) < 4.78 is 29.4. The number of nitrogens with zero attached hydrogens (tertiary/aromatic N) is 1. The number of hydrogen-bond donors (Lipinski definition) is 1. The van der Waals surface area contributed by atoms with Gasteiger partial charge in [0.15, 0.2) is 0 Å². The van der Waals surface area contributed by atoms with E-state index in [0.717, 1.165) is 5.39 Å². The lowest BCUT2D eigenvalue weighted by molar-refractivity contribution is 0.0773. The Morgan fingerprint density at radius 3 is 2.35 bits per heavy atom. The number of rotatable bonds is 4. The lowest BCUT2D eigenvalue weighted by Crippen LogP contribution is -2.26. The molecule has 1 N–H and O–H groups in total. The number of nitrogens with one attached hydrogen (secondary N) is 1. The van der Waals surface area contributed by atoms with E-state index in [0.29, 0.717) is 16.8 Å². The van der Waals surface area contributed by atoms with Crippen LogP contribution in [0.4, 0.5) is 5.69 Å². The smallest absolute Gasteiger partial charge is 0.236 e. The molecular weight excluding hydrogens is 348 g/mol. The predicted molar refractivity (Wildman–Crippen MR) is 105 cm³/mol. The molecule has 26 heavy (non-hydrogen) atoms. The van der Waals surface area contributed by atoms with Crippen molar-refractivity contribution in [2.75, 3.05) is 4.72 Å². The number of anilines is 1. The Morgan fingerprint density at radius 2 is 1.69 bits per heavy atom. The number of benzene rings is 2. The van der Waals surface area contributed by atoms with Crippen LogP contribution in [0.25, 0.3) is 10.9 Å². The van der Waals surface area contributed by atoms with E-state index in [1.807, 2.05) is 39.0 Å². The second kappa shape index (κ2) is 6.61. The van der Waals surface area contributed by atoms with Crippen LogP contribution in [-0.4, -0.2) is 18.9 Å². The fourth-order valence-corrected chi connectivity index (χ4v) is 4.01. The van der Waals surface area contributed by atoms with E-state index in [9.17, 15) is 13.2 Å². The molecule has 0 aliphatic carbocycles. The molecule has 1 aromatic heterocycles. The standard InChI is InChI=1S/C20H22N2O3S/c1-20(2,3)19(23)22-13-12-16-10-7-11-17(18(16)22)21-26(24,25)14-15-8-5-4-6-9-15/h4-13,21H,14H2,1-3H3. The fraction of sp³-hybridized carbons (Fsp3) is 0.250. The molecule has 0 amide bonds. The van der Waals surface area contributed by atoms with Gasteiger partial charge in [-0.15, -0.1) is 0 Å². The minimum absolute atomic E-state index is 0.0952. The first-order valence-electron chi connectivity index (χ1n) is 8.37. The molecule has 6 heteroatoms. The van der Waals surface area contributed by atoms with Gasteiger partial charge in [0.05, 0.1) is 17.0 Å². The Balaban J connectivity index is 2.00. The molecule has 3 aromatic rings. The van der Waals surface area contributed by atoms with Crippen molar-refractivity contribution >= 4 is 32.5 Å². The first kappa shape index (κ1) is 18.2. The van der Waals surface area contributed by atoms with E-state index in [4.69, 9.17) is 0 Å². The van der Waals surface area contributed by atoms with Crippen molar-refractivity contribution in [1.29, 1.82) is 0 Å². The monoisotopic (exact) mass is 370 g/mol. The summed E-state index contributed by atoms with van der Waals surface area (Å²) in [7, 11) is -3.61. The summed E-state index contributed by atoms with van der Waals surface area (Å²) in [5, 5.41) is 0.808. The number of aromatic nitrogens is 1. The van der Waals surface area contributed by atoms with Crippen LogP contribution < -0.4 is 4.72 Å². The Hall–Kier alpha value is -2.60. The first-order valence-corrected chi connectivity index (χ1v) is 10.0. The highest BCUT2D eigenvalue weighted by Crippen LogP contribution is 2.29. The second-order valence-corrected chi connectivity index (χ2v) is 9.05. The Kier molecular flexibility index (Phi) is 4.63. The molecule has 2 aromatic carbocycles. The summed E-state index contributed by atoms with van der Waals surface area (Å²) in [5.74, 6) is -0.222. The van der Waals surface area contributed by atoms with Crippen molar-refractivity contribution in [3.05, 3.63) is 66.4 Å². The summed E-state index contributed by atoms with van der Waals surface area (Å²) in [6, 6.07) is 16.1. The number of para-hydroxylation sites is 1. The highest BCUT2D eigenvalue weighted by molar-refractivity contribution is 7.91. The fourth-order valence-electron chi connectivity index (χ4n) is 2.80. The van der Waals surface area contributed by atoms with Gasteiger partial charge in [-0.25, -0.2) is 8.42 Å². The van der Waals surface area contributed by atoms with Crippen molar-refractivity contribution in [3.63, 3.8) is 0 Å². The SMILES string of the molecule is CC(C)(C)C(=O)n1ccc2cccc(NS(=O)(=O)Cc3ccccc3)c21. The summed E-state index contributed by atoms with van der Waals surface area (Å²) >= 11 is 0. The van der Waals surface area contributed by atoms with Gasteiger partial charge in [-0.2, -0.15) is 0 Å². The third kappa shape index (κ3) is 3.80. The average Bonchev–Trinajstić information content (AvgIpc) is 2.98. The maximum atomic E-state index is 12.7. The molecule has 0 unspecified atom stereocenters. The molecule has 136 valence electrons. The van der Waals surface area contributed by atoms with Gasteiger partial charge in [0.2, 0.25) is 15.9 Å². The third-order valence-corrected chi connectivity index (χ3v) is 5.28. The van der Waals surface area contributed by atoms with Crippen molar-refractivity contribution in [3.8, 4) is 0 Å². The highest BCUT2D eigenvalue weighted by atomic mass is 32.2. The van der Waals surface area contributed by atoms with Gasteiger partial charge in [-0.3, -0.25) is 14.1 Å². The average molecular weight is 370 g/mol. The summed E-state index contributed by atoms with van der Waals surface area (Å²) in [6.45, 7) is 5.51. The Bertz CT molecular complexity index is 1050. The second-order valence-electron chi connectivity index (χ2n) is 7.33. The van der Waals surface area contributed by atoms with Crippen LogP contribution >= 0.6 is 0 Å². The minimum Gasteiger partial charge on any atom is -0.285 e. The summed E-state index contributed by atoms with van der Waals surface area (Å²) in [4.78, 5) is 12.7. The zero-order valence-corrected chi connectivity index (χ0v) is 15.9. The van der Waals surface area contributed by atoms with Crippen molar-refractivity contribution in [2.45, 2.75) is 26.5 Å². The lowest BCUT2D eigenvalue weighted by atomic mass is 9.95. The predicted octanol–water partition coefficient (Wildman–Crippen LogP) is 4.27. The van der Waals surface area contributed by atoms with Crippen LogP contribution in [0, 0.1) is 5.41 Å². The van der Waals surface area contributed by atoms with Gasteiger partial charge in [0.25, 0.3) is 0 Å². The quantitative estimate of drug-likeness (QED) is 0.746. The summed E-state index contributed by atoms with van der Waals surface area (Å²) in [6.07, 6.45) is 1.69. The van der Waals surface area contributed by atoms with Crippen molar-refractivity contribution in [2.24, 2.45) is 5.41 Å². The topological polar surface area (TPSA) is 68.2 Å². The van der Waals surface area contributed by atoms with Gasteiger partial charge in [-0.05, 0) is 17.7 Å². The van der Waals surface area contributed by atoms with E-state index in [1.54, 1.807) is 42.6 Å². The van der Waals surface area contributed by atoms with E-state index in [1.165, 1.54) is 4.57 Å². The van der Waals surface area contributed by atoms with E-state index in [-0.39, 0.29) is 11.7 Å². The summed E-state index contributed by atoms with van der Waals surface area (Å²) in [5.41, 5.74) is 1.10. The molecule has 0 atom stereocenters. The third-order valence-electron chi connectivity index (χ3n) is 4.04. The Morgan fingerprint density at radius 1 is 1.00 bits per heavy atom. The molecule has 0 bridgehead atoms. The maximum absolute atomic E-state index is 12.7. The molecule has 0 aliphatic heterocycles. The molecule has 1 heterocycles. The number of hydrogen-bond acceptors (Lipinski definition) is 3. The van der Waals surface area contributed by atoms with Crippen LogP contribution in [0.15, 0.2) is 60.8 Å². The molecular formula is C20H22N2O3S. The van der Waals surface area contributed by atoms with E-state index in [2.05, 4.69) is 4.72 Å². The molecule has 5 nitrogen and oxygen atoms in total. The van der Waals surface area contributed by atoms with Gasteiger partial charge < -0.3 is 0 Å². The molecule has 0 saturated heterocycles. The van der Waals surface area contributed by atoms with Crippen LogP contribution in [-0.2, 0) is 15.8 Å². The normalized spacial score (nSPS) is 12.3. The minimum atomic E-state index is -3.61. The zero-order valence-electron chi connectivity index (χ0n) is 15.1. The van der Waals surface area contributed by atoms with Crippen LogP contribution in [0.2, 0.25) is 0 Å². The van der Waals surface area contributed by atoms with E-state index >= 15 is 0 Å². The maximum Gasteiger partial charge on any atom is 0.236 e. The van der Waals surface area contributed by atoms with Crippen LogP contribution in [0.3, 0.4) is 0 Å². The van der Waals surface area contributed by atoms with Crippen molar-refractivity contribution in [1.82, 2.24) is 4.57 Å². The molecule has 0 fully saturated rings. The van der Waals surface area contributed by atoms with Gasteiger partial charge >= 0.3 is 0 Å². The van der Waals surface area contributed by atoms with E-state index < -0.39 is 15.4 Å². The number of carbonyl (C=O) groups is 1. The van der Waals surface area contributed by atoms with Crippen LogP contribution in [0.1, 0.15) is 31.1 Å². The van der Waals surface area contributed by atoms with Crippen molar-refractivity contribution < 1.29 is 13.2 Å². The molecule has 0 aliphatic rings. The number of fused-ring (bicyclic) bond motifs is 1. The largest absolute Gasteiger partial charge is 0.285 e. The van der Waals surface area contributed by atoms with Gasteiger partial charge in [0, 0.05) is 17.0 Å². The number of carbonyl (C=O) groups excluding carboxylic acids is 1.